The zero-order valence-electron chi connectivity index (χ0n) is 11.9. The molecule has 0 saturated carbocycles. The summed E-state index contributed by atoms with van der Waals surface area (Å²) in [6, 6.07) is 4.02. The Bertz CT molecular complexity index is 686. The number of hydrogen-bond acceptors (Lipinski definition) is 6. The van der Waals surface area contributed by atoms with Crippen LogP contribution >= 0.6 is 0 Å². The molecule has 2 aromatic rings. The summed E-state index contributed by atoms with van der Waals surface area (Å²) in [7, 11) is 1.50. The molecule has 7 heteroatoms. The van der Waals surface area contributed by atoms with Crippen LogP contribution in [0.15, 0.2) is 27.4 Å². The van der Waals surface area contributed by atoms with Gasteiger partial charge in [0.05, 0.1) is 18.7 Å². The molecule has 0 radical (unpaired) electrons. The first kappa shape index (κ1) is 15.3. The number of carbonyl (C=O) groups is 1. The minimum absolute atomic E-state index is 0.117. The summed E-state index contributed by atoms with van der Waals surface area (Å²) in [5, 5.41) is 9.16. The van der Waals surface area contributed by atoms with Crippen LogP contribution in [-0.2, 0) is 20.9 Å². The third-order valence-corrected chi connectivity index (χ3v) is 3.12. The molecule has 0 fully saturated rings. The molecule has 1 heterocycles. The third-order valence-electron chi connectivity index (χ3n) is 3.12. The van der Waals surface area contributed by atoms with E-state index in [1.807, 2.05) is 0 Å². The van der Waals surface area contributed by atoms with Crippen LogP contribution in [0.2, 0.25) is 0 Å². The molecule has 0 amide bonds. The molecule has 0 aliphatic rings. The molecule has 114 valence electrons. The number of aliphatic hydroxyl groups excluding tert-OH is 1. The van der Waals surface area contributed by atoms with E-state index < -0.39 is 17.8 Å². The van der Waals surface area contributed by atoms with Crippen molar-refractivity contribution < 1.29 is 23.8 Å². The van der Waals surface area contributed by atoms with Gasteiger partial charge in [-0.05, 0) is 24.6 Å². The molecule has 2 rings (SSSR count). The summed E-state index contributed by atoms with van der Waals surface area (Å²) >= 11 is 0. The minimum atomic E-state index is -0.829. The molecule has 21 heavy (non-hydrogen) atoms. The topological polar surface area (TPSA) is 90.9 Å². The molecule has 0 aliphatic heterocycles. The normalized spacial score (nSPS) is 12.5. The number of oxazole rings is 1. The zero-order chi connectivity index (χ0) is 15.4. The highest BCUT2D eigenvalue weighted by Crippen LogP contribution is 2.19. The molecular weight excluding hydrogens is 278 g/mol. The lowest BCUT2D eigenvalue weighted by Crippen LogP contribution is -2.27. The van der Waals surface area contributed by atoms with Gasteiger partial charge in [0, 0.05) is 7.11 Å². The van der Waals surface area contributed by atoms with Crippen LogP contribution in [0.4, 0.5) is 0 Å². The average Bonchev–Trinajstić information content (AvgIpc) is 2.81. The maximum atomic E-state index is 11.9. The molecular formula is C14H17NO6. The van der Waals surface area contributed by atoms with Crippen molar-refractivity contribution in [1.29, 1.82) is 0 Å². The Morgan fingerprint density at radius 1 is 1.43 bits per heavy atom. The van der Waals surface area contributed by atoms with Crippen molar-refractivity contribution in [2.45, 2.75) is 19.6 Å². The Kier molecular flexibility index (Phi) is 4.77. The number of esters is 1. The summed E-state index contributed by atoms with van der Waals surface area (Å²) in [5.74, 6) is -1.19. The van der Waals surface area contributed by atoms with Gasteiger partial charge >= 0.3 is 11.7 Å². The van der Waals surface area contributed by atoms with E-state index in [-0.39, 0.29) is 19.8 Å². The highest BCUT2D eigenvalue weighted by atomic mass is 16.6. The predicted molar refractivity (Wildman–Crippen MR) is 73.9 cm³/mol. The molecule has 0 aliphatic carbocycles. The Balaban J connectivity index is 2.33. The van der Waals surface area contributed by atoms with E-state index >= 15 is 0 Å². The second-order valence-corrected chi connectivity index (χ2v) is 4.53. The number of aromatic nitrogens is 1. The van der Waals surface area contributed by atoms with Gasteiger partial charge in [0.25, 0.3) is 0 Å². The maximum absolute atomic E-state index is 11.9. The fraction of sp³-hybridized carbons (Fsp3) is 0.429. The van der Waals surface area contributed by atoms with Gasteiger partial charge in [-0.15, -0.1) is 0 Å². The largest absolute Gasteiger partial charge is 0.462 e. The van der Waals surface area contributed by atoms with Crippen molar-refractivity contribution in [2.75, 3.05) is 20.3 Å². The van der Waals surface area contributed by atoms with Crippen LogP contribution in [0.1, 0.15) is 18.5 Å². The van der Waals surface area contributed by atoms with E-state index in [1.54, 1.807) is 25.1 Å². The van der Waals surface area contributed by atoms with Gasteiger partial charge in [0.1, 0.15) is 12.6 Å². The first-order valence-corrected chi connectivity index (χ1v) is 6.49. The molecule has 1 aromatic heterocycles. The van der Waals surface area contributed by atoms with Crippen molar-refractivity contribution in [1.82, 2.24) is 4.57 Å². The van der Waals surface area contributed by atoms with E-state index in [0.29, 0.717) is 16.7 Å². The van der Waals surface area contributed by atoms with Gasteiger partial charge in [0.15, 0.2) is 5.58 Å². The number of ether oxygens (including phenoxy) is 2. The van der Waals surface area contributed by atoms with Crippen LogP contribution in [0.3, 0.4) is 0 Å². The van der Waals surface area contributed by atoms with Crippen molar-refractivity contribution in [2.24, 2.45) is 0 Å². The number of carbonyl (C=O) groups excluding carboxylic acids is 1. The van der Waals surface area contributed by atoms with Gasteiger partial charge in [0.2, 0.25) is 0 Å². The smallest absolute Gasteiger partial charge is 0.420 e. The minimum Gasteiger partial charge on any atom is -0.462 e. The van der Waals surface area contributed by atoms with E-state index in [2.05, 4.69) is 0 Å². The van der Waals surface area contributed by atoms with Gasteiger partial charge in [-0.2, -0.15) is 0 Å². The van der Waals surface area contributed by atoms with E-state index in [1.165, 1.54) is 11.7 Å². The number of methoxy groups -OCH3 is 1. The molecule has 1 atom stereocenters. The van der Waals surface area contributed by atoms with Gasteiger partial charge < -0.3 is 19.0 Å². The second-order valence-electron chi connectivity index (χ2n) is 4.53. The summed E-state index contributed by atoms with van der Waals surface area (Å²) in [6.07, 6.45) is 0. The van der Waals surface area contributed by atoms with E-state index in [9.17, 15) is 9.59 Å². The van der Waals surface area contributed by atoms with Crippen LogP contribution < -0.4 is 5.76 Å². The van der Waals surface area contributed by atoms with Crippen LogP contribution in [-0.4, -0.2) is 36.0 Å². The van der Waals surface area contributed by atoms with Crippen molar-refractivity contribution in [3.8, 4) is 0 Å². The number of hydrogen-bond donors (Lipinski definition) is 1. The number of benzene rings is 1. The monoisotopic (exact) mass is 295 g/mol. The van der Waals surface area contributed by atoms with E-state index in [4.69, 9.17) is 19.0 Å². The molecule has 7 nitrogen and oxygen atoms in total. The average molecular weight is 295 g/mol. The Hall–Kier alpha value is -2.12. The Morgan fingerprint density at radius 3 is 2.86 bits per heavy atom. The van der Waals surface area contributed by atoms with Crippen molar-refractivity contribution in [3.05, 3.63) is 34.3 Å². The predicted octanol–water partition coefficient (Wildman–Crippen LogP) is 0.837. The number of aliphatic hydroxyl groups is 1. The zero-order valence-corrected chi connectivity index (χ0v) is 11.9. The van der Waals surface area contributed by atoms with Crippen LogP contribution in [0.5, 0.6) is 0 Å². The molecule has 0 saturated heterocycles. The van der Waals surface area contributed by atoms with Crippen LogP contribution in [0.25, 0.3) is 11.1 Å². The van der Waals surface area contributed by atoms with E-state index in [0.717, 1.165) is 0 Å². The van der Waals surface area contributed by atoms with Gasteiger partial charge in [-0.25, -0.2) is 9.59 Å². The third kappa shape index (κ3) is 3.14. The fourth-order valence-electron chi connectivity index (χ4n) is 2.00. The summed E-state index contributed by atoms with van der Waals surface area (Å²) in [4.78, 5) is 23.9. The lowest BCUT2D eigenvalue weighted by atomic mass is 10.2. The number of fused-ring (bicyclic) bond motifs is 1. The van der Waals surface area contributed by atoms with Gasteiger partial charge in [-0.3, -0.25) is 4.57 Å². The summed E-state index contributed by atoms with van der Waals surface area (Å²) in [6.45, 7) is 1.79. The van der Waals surface area contributed by atoms with Gasteiger partial charge in [-0.1, -0.05) is 6.07 Å². The first-order valence-electron chi connectivity index (χ1n) is 6.49. The second kappa shape index (κ2) is 6.55. The lowest BCUT2D eigenvalue weighted by Gasteiger charge is -2.12. The highest BCUT2D eigenvalue weighted by Gasteiger charge is 2.22. The van der Waals surface area contributed by atoms with Crippen molar-refractivity contribution in [3.63, 3.8) is 0 Å². The number of rotatable bonds is 6. The molecule has 1 aromatic carbocycles. The quantitative estimate of drug-likeness (QED) is 0.627. The summed E-state index contributed by atoms with van der Waals surface area (Å²) < 4.78 is 16.1. The lowest BCUT2D eigenvalue weighted by molar-refractivity contribution is -0.148. The highest BCUT2D eigenvalue weighted by molar-refractivity contribution is 5.79. The standard InChI is InChI=1S/C14H17NO6/c1-9(13(17)20-6-5-19-2)15-11-7-10(8-16)3-4-12(11)21-14(15)18/h3-4,7,9,16H,5-6,8H2,1-2H3. The molecule has 0 bridgehead atoms. The molecule has 0 spiro atoms. The fourth-order valence-corrected chi connectivity index (χ4v) is 2.00. The maximum Gasteiger partial charge on any atom is 0.420 e. The first-order chi connectivity index (χ1) is 10.1. The van der Waals surface area contributed by atoms with Crippen molar-refractivity contribution >= 4 is 17.1 Å². The summed E-state index contributed by atoms with van der Waals surface area (Å²) in [5.41, 5.74) is 1.42. The Labute approximate surface area is 120 Å². The van der Waals surface area contributed by atoms with Crippen LogP contribution in [0, 0.1) is 0 Å². The molecule has 1 N–H and O–H groups in total. The Morgan fingerprint density at radius 2 is 2.19 bits per heavy atom. The molecule has 1 unspecified atom stereocenters. The number of nitrogens with zero attached hydrogens (tertiary/aromatic N) is 1. The SMILES string of the molecule is COCCOC(=O)C(C)n1c(=O)oc2ccc(CO)cc21.